The van der Waals surface area contributed by atoms with Crippen molar-refractivity contribution >= 4 is 38.6 Å². The van der Waals surface area contributed by atoms with E-state index in [1.807, 2.05) is 18.6 Å². The third-order valence-electron chi connectivity index (χ3n) is 6.98. The van der Waals surface area contributed by atoms with Gasteiger partial charge in [0.2, 0.25) is 5.91 Å². The maximum atomic E-state index is 13.2. The van der Waals surface area contributed by atoms with Crippen LogP contribution in [-0.2, 0) is 14.3 Å². The fourth-order valence-corrected chi connectivity index (χ4v) is 6.08. The molecule has 8 nitrogen and oxygen atoms in total. The number of methoxy groups -OCH3 is 1. The number of esters is 1. The lowest BCUT2D eigenvalue weighted by Gasteiger charge is -2.33. The van der Waals surface area contributed by atoms with Crippen LogP contribution >= 0.6 is 11.3 Å². The molecule has 0 saturated heterocycles. The first-order valence-corrected chi connectivity index (χ1v) is 12.7. The molecule has 0 radical (unpaired) electrons. The van der Waals surface area contributed by atoms with Crippen LogP contribution in [-0.4, -0.2) is 58.6 Å². The summed E-state index contributed by atoms with van der Waals surface area (Å²) in [6.07, 6.45) is 10.4. The highest BCUT2D eigenvalue weighted by molar-refractivity contribution is 7.22. The van der Waals surface area contributed by atoms with Gasteiger partial charge in [-0.25, -0.2) is 9.97 Å². The predicted molar refractivity (Wildman–Crippen MR) is 134 cm³/mol. The van der Waals surface area contributed by atoms with E-state index in [9.17, 15) is 9.59 Å². The second-order valence-electron chi connectivity index (χ2n) is 9.23. The number of benzene rings is 1. The zero-order chi connectivity index (χ0) is 24.3. The van der Waals surface area contributed by atoms with Crippen molar-refractivity contribution in [3.05, 3.63) is 42.5 Å². The number of nitrogens with zero attached hydrogens (tertiary/aromatic N) is 4. The van der Waals surface area contributed by atoms with Crippen molar-refractivity contribution in [1.29, 1.82) is 0 Å². The molecule has 0 aliphatic heterocycles. The summed E-state index contributed by atoms with van der Waals surface area (Å²) < 4.78 is 8.14. The molecule has 0 spiro atoms. The Morgan fingerprint density at radius 3 is 2.65 bits per heavy atom. The van der Waals surface area contributed by atoms with E-state index >= 15 is 0 Å². The van der Waals surface area contributed by atoms with Gasteiger partial charge in [-0.1, -0.05) is 43.6 Å². The molecule has 1 fully saturated rings. The average molecular weight is 484 g/mol. The lowest BCUT2D eigenvalue weighted by molar-refractivity contribution is -0.159. The molecule has 1 N–H and O–H groups in total. The molecule has 1 aliphatic rings. The zero-order valence-electron chi connectivity index (χ0n) is 20.3. The topological polar surface area (TPSA) is 89.3 Å². The van der Waals surface area contributed by atoms with E-state index in [1.165, 1.54) is 18.4 Å². The number of amides is 1. The molecule has 1 aliphatic carbocycles. The standard InChI is InChI=1S/C25H33N5O3S/c1-5-19(29(2)3)21(30-14-13-26-16-30)17-9-10-18-20(15-17)34-24(27-18)28-22(31)25(23(32)33-4)11-7-6-8-12-25/h9-10,13-16,19,21H,5-8,11-12H2,1-4H3,(H,27,28,31). The Hall–Kier alpha value is -2.78. The maximum absolute atomic E-state index is 13.2. The molecule has 3 aromatic rings. The summed E-state index contributed by atoms with van der Waals surface area (Å²) in [5, 5.41) is 3.43. The van der Waals surface area contributed by atoms with Crippen molar-refractivity contribution in [1.82, 2.24) is 19.4 Å². The van der Waals surface area contributed by atoms with Gasteiger partial charge in [0.15, 0.2) is 5.13 Å². The van der Waals surface area contributed by atoms with Gasteiger partial charge in [-0.15, -0.1) is 0 Å². The number of fused-ring (bicyclic) bond motifs is 1. The van der Waals surface area contributed by atoms with Crippen LogP contribution in [0.1, 0.15) is 57.1 Å². The number of likely N-dealkylation sites (N-methyl/N-ethyl adjacent to an activating group) is 1. The summed E-state index contributed by atoms with van der Waals surface area (Å²) in [6.45, 7) is 2.19. The predicted octanol–water partition coefficient (Wildman–Crippen LogP) is 4.48. The SMILES string of the molecule is CCC(C(c1ccc2nc(NC(=O)C3(C(=O)OC)CCCCC3)sc2c1)n1ccnc1)N(C)C. The molecule has 4 rings (SSSR count). The van der Waals surface area contributed by atoms with Crippen molar-refractivity contribution in [2.75, 3.05) is 26.5 Å². The number of anilines is 1. The smallest absolute Gasteiger partial charge is 0.321 e. The molecule has 2 unspecified atom stereocenters. The van der Waals surface area contributed by atoms with Gasteiger partial charge in [0, 0.05) is 18.4 Å². The van der Waals surface area contributed by atoms with E-state index in [-0.39, 0.29) is 18.0 Å². The highest BCUT2D eigenvalue weighted by atomic mass is 32.1. The minimum Gasteiger partial charge on any atom is -0.468 e. The van der Waals surface area contributed by atoms with Crippen molar-refractivity contribution in [2.24, 2.45) is 5.41 Å². The van der Waals surface area contributed by atoms with Gasteiger partial charge < -0.3 is 19.5 Å². The maximum Gasteiger partial charge on any atom is 0.321 e. The molecule has 1 aromatic carbocycles. The average Bonchev–Trinajstić information content (AvgIpc) is 3.51. The van der Waals surface area contributed by atoms with Crippen molar-refractivity contribution in [3.8, 4) is 0 Å². The molecule has 182 valence electrons. The second kappa shape index (κ2) is 10.2. The number of aromatic nitrogens is 3. The number of carbonyl (C=O) groups excluding carboxylic acids is 2. The molecule has 9 heteroatoms. The van der Waals surface area contributed by atoms with Crippen molar-refractivity contribution in [3.63, 3.8) is 0 Å². The Bertz CT molecular complexity index is 1130. The first-order valence-electron chi connectivity index (χ1n) is 11.8. The number of thiazole rings is 1. The highest BCUT2D eigenvalue weighted by Gasteiger charge is 2.47. The van der Waals surface area contributed by atoms with Crippen molar-refractivity contribution < 1.29 is 14.3 Å². The Kier molecular flexibility index (Phi) is 7.33. The van der Waals surface area contributed by atoms with Crippen LogP contribution in [0, 0.1) is 5.41 Å². The van der Waals surface area contributed by atoms with Crippen LogP contribution < -0.4 is 5.32 Å². The minimum absolute atomic E-state index is 0.0943. The van der Waals surface area contributed by atoms with E-state index in [0.29, 0.717) is 18.0 Å². The van der Waals surface area contributed by atoms with Gasteiger partial charge in [0.1, 0.15) is 5.41 Å². The molecule has 2 aromatic heterocycles. The summed E-state index contributed by atoms with van der Waals surface area (Å²) in [7, 11) is 5.54. The number of hydrogen-bond donors (Lipinski definition) is 1. The number of ether oxygens (including phenoxy) is 1. The molecule has 2 atom stereocenters. The van der Waals surface area contributed by atoms with E-state index in [0.717, 1.165) is 41.5 Å². The Morgan fingerprint density at radius 2 is 2.03 bits per heavy atom. The van der Waals surface area contributed by atoms with Gasteiger partial charge in [0.05, 0.1) is 29.7 Å². The Balaban J connectivity index is 1.64. The van der Waals surface area contributed by atoms with Crippen LogP contribution in [0.5, 0.6) is 0 Å². The second-order valence-corrected chi connectivity index (χ2v) is 10.3. The summed E-state index contributed by atoms with van der Waals surface area (Å²) in [4.78, 5) is 36.9. The third kappa shape index (κ3) is 4.59. The first kappa shape index (κ1) is 24.3. The van der Waals surface area contributed by atoms with E-state index in [2.05, 4.69) is 57.9 Å². The molecule has 0 bridgehead atoms. The van der Waals surface area contributed by atoms with Crippen LogP contribution in [0.3, 0.4) is 0 Å². The quantitative estimate of drug-likeness (QED) is 0.375. The lowest BCUT2D eigenvalue weighted by atomic mass is 9.73. The van der Waals surface area contributed by atoms with E-state index in [4.69, 9.17) is 4.74 Å². The highest BCUT2D eigenvalue weighted by Crippen LogP contribution is 2.39. The molecule has 1 amide bonds. The summed E-state index contributed by atoms with van der Waals surface area (Å²) in [5.41, 5.74) is 0.857. The van der Waals surface area contributed by atoms with Crippen molar-refractivity contribution in [2.45, 2.75) is 57.5 Å². The number of hydrogen-bond acceptors (Lipinski definition) is 7. The Morgan fingerprint density at radius 1 is 1.26 bits per heavy atom. The monoisotopic (exact) mass is 483 g/mol. The molecular weight excluding hydrogens is 450 g/mol. The van der Waals surface area contributed by atoms with Gasteiger partial charge in [-0.2, -0.15) is 0 Å². The number of imidazole rings is 1. The molecule has 34 heavy (non-hydrogen) atoms. The lowest BCUT2D eigenvalue weighted by Crippen LogP contribution is -2.45. The first-order chi connectivity index (χ1) is 16.4. The number of rotatable bonds is 8. The summed E-state index contributed by atoms with van der Waals surface area (Å²) >= 11 is 1.43. The number of carbonyl (C=O) groups is 2. The molecule has 1 saturated carbocycles. The van der Waals surface area contributed by atoms with E-state index < -0.39 is 11.4 Å². The van der Waals surface area contributed by atoms with Crippen LogP contribution in [0.2, 0.25) is 0 Å². The van der Waals surface area contributed by atoms with Gasteiger partial charge in [0.25, 0.3) is 0 Å². The summed E-state index contributed by atoms with van der Waals surface area (Å²) in [6, 6.07) is 6.62. The van der Waals surface area contributed by atoms with E-state index in [1.54, 1.807) is 6.20 Å². The van der Waals surface area contributed by atoms with Gasteiger partial charge in [-0.05, 0) is 51.1 Å². The van der Waals surface area contributed by atoms with Crippen LogP contribution in [0.4, 0.5) is 5.13 Å². The fourth-order valence-electron chi connectivity index (χ4n) is 5.17. The van der Waals surface area contributed by atoms with Crippen LogP contribution in [0.25, 0.3) is 10.2 Å². The summed E-state index contributed by atoms with van der Waals surface area (Å²) in [5.74, 6) is -0.765. The minimum atomic E-state index is -1.12. The normalized spacial score (nSPS) is 17.4. The fraction of sp³-hybridized carbons (Fsp3) is 0.520. The number of nitrogens with one attached hydrogen (secondary N) is 1. The largest absolute Gasteiger partial charge is 0.468 e. The third-order valence-corrected chi connectivity index (χ3v) is 7.92. The Labute approximate surface area is 204 Å². The van der Waals surface area contributed by atoms with Gasteiger partial charge >= 0.3 is 5.97 Å². The van der Waals surface area contributed by atoms with Crippen LogP contribution in [0.15, 0.2) is 36.9 Å². The molecule has 2 heterocycles. The zero-order valence-corrected chi connectivity index (χ0v) is 21.1. The molecular formula is C25H33N5O3S. The van der Waals surface area contributed by atoms with Gasteiger partial charge in [-0.3, -0.25) is 9.59 Å².